The quantitative estimate of drug-likeness (QED) is 0.819. The van der Waals surface area contributed by atoms with Crippen molar-refractivity contribution in [2.24, 2.45) is 11.7 Å². The number of Topliss-reactive ketones (excluding diaryl/α,β-unsaturated/α-hetero) is 1. The molecule has 0 aromatic rings. The molecule has 1 spiro atoms. The number of hydrogen-bond acceptors (Lipinski definition) is 3. The molecule has 2 N–H and O–H groups in total. The fraction of sp³-hybridized carbons (Fsp3) is 0.929. The van der Waals surface area contributed by atoms with Crippen molar-refractivity contribution in [3.05, 3.63) is 0 Å². The first kappa shape index (κ1) is 13.0. The van der Waals surface area contributed by atoms with Gasteiger partial charge in [-0.3, -0.25) is 4.79 Å². The van der Waals surface area contributed by atoms with Crippen molar-refractivity contribution in [2.45, 2.75) is 69.9 Å². The van der Waals surface area contributed by atoms with Gasteiger partial charge in [0.25, 0.3) is 0 Å². The number of ketones is 1. The molecule has 3 heteroatoms. The van der Waals surface area contributed by atoms with Crippen LogP contribution in [0.5, 0.6) is 0 Å². The Morgan fingerprint density at radius 2 is 2.06 bits per heavy atom. The van der Waals surface area contributed by atoms with Crippen LogP contribution in [0, 0.1) is 5.92 Å². The van der Waals surface area contributed by atoms with E-state index in [9.17, 15) is 4.79 Å². The van der Waals surface area contributed by atoms with Crippen LogP contribution in [0.3, 0.4) is 0 Å². The molecule has 1 atom stereocenters. The molecule has 1 heterocycles. The Kier molecular flexibility index (Phi) is 3.60. The van der Waals surface area contributed by atoms with E-state index < -0.39 is 5.54 Å². The summed E-state index contributed by atoms with van der Waals surface area (Å²) in [5.41, 5.74) is 5.67. The zero-order valence-electron chi connectivity index (χ0n) is 11.1. The molecule has 3 nitrogen and oxygen atoms in total. The van der Waals surface area contributed by atoms with E-state index in [0.29, 0.717) is 0 Å². The van der Waals surface area contributed by atoms with Crippen molar-refractivity contribution in [3.63, 3.8) is 0 Å². The van der Waals surface area contributed by atoms with E-state index in [2.05, 4.69) is 0 Å². The average molecular weight is 239 g/mol. The standard InChI is InChI=1S/C14H25NO2/c1-3-14(15,4-2)12(16)11-6-9-17-13(10-11)7-5-8-13/h11H,3-10,15H2,1-2H3. The molecule has 98 valence electrons. The Morgan fingerprint density at radius 3 is 2.53 bits per heavy atom. The van der Waals surface area contributed by atoms with Gasteiger partial charge in [-0.1, -0.05) is 13.8 Å². The minimum atomic E-state index is -0.604. The maximum atomic E-state index is 12.5. The summed E-state index contributed by atoms with van der Waals surface area (Å²) in [6.45, 7) is 4.76. The Morgan fingerprint density at radius 1 is 1.41 bits per heavy atom. The first-order chi connectivity index (χ1) is 8.05. The van der Waals surface area contributed by atoms with Crippen LogP contribution in [-0.2, 0) is 9.53 Å². The zero-order chi connectivity index (χ0) is 12.5. The molecule has 2 rings (SSSR count). The predicted octanol–water partition coefficient (Wildman–Crippen LogP) is 2.42. The third-order valence-corrected chi connectivity index (χ3v) is 4.88. The maximum Gasteiger partial charge on any atom is 0.155 e. The predicted molar refractivity (Wildman–Crippen MR) is 67.8 cm³/mol. The SMILES string of the molecule is CCC(N)(CC)C(=O)C1CCOC2(CCC2)C1. The zero-order valence-corrected chi connectivity index (χ0v) is 11.1. The van der Waals surface area contributed by atoms with Gasteiger partial charge in [-0.25, -0.2) is 0 Å². The molecule has 1 saturated heterocycles. The highest BCUT2D eigenvalue weighted by molar-refractivity contribution is 5.90. The minimum Gasteiger partial charge on any atom is -0.375 e. The second-order valence-corrected chi connectivity index (χ2v) is 5.80. The normalized spacial score (nSPS) is 27.8. The molecular weight excluding hydrogens is 214 g/mol. The summed E-state index contributed by atoms with van der Waals surface area (Å²) in [5, 5.41) is 0. The van der Waals surface area contributed by atoms with Crippen molar-refractivity contribution < 1.29 is 9.53 Å². The molecule has 17 heavy (non-hydrogen) atoms. The number of ether oxygens (including phenoxy) is 1. The van der Waals surface area contributed by atoms with Crippen molar-refractivity contribution in [2.75, 3.05) is 6.61 Å². The number of carbonyl (C=O) groups is 1. The largest absolute Gasteiger partial charge is 0.375 e. The van der Waals surface area contributed by atoms with Crippen LogP contribution < -0.4 is 5.73 Å². The monoisotopic (exact) mass is 239 g/mol. The van der Waals surface area contributed by atoms with Crippen molar-refractivity contribution in [1.29, 1.82) is 0 Å². The summed E-state index contributed by atoms with van der Waals surface area (Å²) in [4.78, 5) is 12.5. The van der Waals surface area contributed by atoms with Gasteiger partial charge in [0.05, 0.1) is 11.1 Å². The van der Waals surface area contributed by atoms with E-state index in [4.69, 9.17) is 10.5 Å². The van der Waals surface area contributed by atoms with Crippen LogP contribution in [0.15, 0.2) is 0 Å². The number of rotatable bonds is 4. The summed E-state index contributed by atoms with van der Waals surface area (Å²) in [5.74, 6) is 0.408. The summed E-state index contributed by atoms with van der Waals surface area (Å²) < 4.78 is 5.87. The Balaban J connectivity index is 2.04. The van der Waals surface area contributed by atoms with Crippen molar-refractivity contribution in [1.82, 2.24) is 0 Å². The van der Waals surface area contributed by atoms with Crippen LogP contribution in [0.2, 0.25) is 0 Å². The lowest BCUT2D eigenvalue weighted by atomic mass is 9.68. The summed E-state index contributed by atoms with van der Waals surface area (Å²) in [6.07, 6.45) is 6.76. The highest BCUT2D eigenvalue weighted by Crippen LogP contribution is 2.45. The van der Waals surface area contributed by atoms with Crippen LogP contribution >= 0.6 is 0 Å². The van der Waals surface area contributed by atoms with E-state index in [-0.39, 0.29) is 17.3 Å². The molecular formula is C14H25NO2. The fourth-order valence-electron chi connectivity index (χ4n) is 3.18. The molecule has 2 fully saturated rings. The molecule has 1 aliphatic heterocycles. The molecule has 0 aromatic carbocycles. The first-order valence-electron chi connectivity index (χ1n) is 7.02. The topological polar surface area (TPSA) is 52.3 Å². The van der Waals surface area contributed by atoms with Crippen molar-refractivity contribution >= 4 is 5.78 Å². The molecule has 2 aliphatic rings. The highest BCUT2D eigenvalue weighted by Gasteiger charge is 2.46. The highest BCUT2D eigenvalue weighted by atomic mass is 16.5. The fourth-order valence-corrected chi connectivity index (χ4v) is 3.18. The van der Waals surface area contributed by atoms with E-state index in [1.807, 2.05) is 13.8 Å². The third kappa shape index (κ3) is 2.27. The van der Waals surface area contributed by atoms with Gasteiger partial charge >= 0.3 is 0 Å². The van der Waals surface area contributed by atoms with Gasteiger partial charge in [-0.05, 0) is 44.9 Å². The van der Waals surface area contributed by atoms with Gasteiger partial charge in [0.1, 0.15) is 0 Å². The smallest absolute Gasteiger partial charge is 0.155 e. The molecule has 0 amide bonds. The van der Waals surface area contributed by atoms with Crippen LogP contribution in [0.1, 0.15) is 58.8 Å². The van der Waals surface area contributed by atoms with E-state index in [1.165, 1.54) is 6.42 Å². The third-order valence-electron chi connectivity index (χ3n) is 4.88. The van der Waals surface area contributed by atoms with Gasteiger partial charge in [0.15, 0.2) is 5.78 Å². The Hall–Kier alpha value is -0.410. The molecule has 1 aliphatic carbocycles. The number of hydrogen-bond donors (Lipinski definition) is 1. The van der Waals surface area contributed by atoms with Crippen molar-refractivity contribution in [3.8, 4) is 0 Å². The second-order valence-electron chi connectivity index (χ2n) is 5.80. The molecule has 1 saturated carbocycles. The van der Waals surface area contributed by atoms with Gasteiger partial charge in [-0.2, -0.15) is 0 Å². The summed E-state index contributed by atoms with van der Waals surface area (Å²) >= 11 is 0. The van der Waals surface area contributed by atoms with Gasteiger partial charge in [-0.15, -0.1) is 0 Å². The lowest BCUT2D eigenvalue weighted by Crippen LogP contribution is -2.54. The van der Waals surface area contributed by atoms with Crippen LogP contribution in [-0.4, -0.2) is 23.5 Å². The van der Waals surface area contributed by atoms with E-state index in [1.54, 1.807) is 0 Å². The van der Waals surface area contributed by atoms with Gasteiger partial charge in [0, 0.05) is 12.5 Å². The summed E-state index contributed by atoms with van der Waals surface area (Å²) in [6, 6.07) is 0. The first-order valence-corrected chi connectivity index (χ1v) is 7.02. The Labute approximate surface area is 104 Å². The maximum absolute atomic E-state index is 12.5. The molecule has 0 radical (unpaired) electrons. The minimum absolute atomic E-state index is 0.0426. The number of nitrogens with two attached hydrogens (primary N) is 1. The van der Waals surface area contributed by atoms with E-state index in [0.717, 1.165) is 45.1 Å². The van der Waals surface area contributed by atoms with Gasteiger partial charge in [0.2, 0.25) is 0 Å². The molecule has 0 bridgehead atoms. The van der Waals surface area contributed by atoms with Crippen LogP contribution in [0.25, 0.3) is 0 Å². The lowest BCUT2D eigenvalue weighted by molar-refractivity contribution is -0.158. The number of carbonyl (C=O) groups excluding carboxylic acids is 1. The van der Waals surface area contributed by atoms with Crippen LogP contribution in [0.4, 0.5) is 0 Å². The Bertz CT molecular complexity index is 293. The van der Waals surface area contributed by atoms with Gasteiger partial charge < -0.3 is 10.5 Å². The average Bonchev–Trinajstić information content (AvgIpc) is 2.35. The molecule has 0 aromatic heterocycles. The second kappa shape index (κ2) is 4.69. The lowest BCUT2D eigenvalue weighted by Gasteiger charge is -2.48. The summed E-state index contributed by atoms with van der Waals surface area (Å²) in [7, 11) is 0. The molecule has 1 unspecified atom stereocenters. The van der Waals surface area contributed by atoms with E-state index >= 15 is 0 Å².